The molecular weight excluding hydrogens is 320 g/mol. The number of hydrogen-bond donors (Lipinski definition) is 0. The van der Waals surface area contributed by atoms with Crippen LogP contribution in [-0.4, -0.2) is 44.1 Å². The number of amides is 1. The number of hydrogen-bond acceptors (Lipinski definition) is 4. The van der Waals surface area contributed by atoms with E-state index in [4.69, 9.17) is 4.74 Å². The molecule has 0 saturated carbocycles. The maximum Gasteiger partial charge on any atom is 0.264 e. The minimum absolute atomic E-state index is 0.178. The molecule has 1 aliphatic heterocycles. The standard InChI is InChI=1S/C19H24N2O2S/c1-4-17-14(2)13-18(24-17)19(22)21-11-9-20(10-12-21)15-5-7-16(23-3)8-6-15/h5-8,13H,4,9-12H2,1-3H3. The van der Waals surface area contributed by atoms with E-state index in [-0.39, 0.29) is 5.91 Å². The highest BCUT2D eigenvalue weighted by atomic mass is 32.1. The predicted molar refractivity (Wildman–Crippen MR) is 99.5 cm³/mol. The average Bonchev–Trinajstić information content (AvgIpc) is 3.02. The third-order valence-corrected chi connectivity index (χ3v) is 5.93. The van der Waals surface area contributed by atoms with Gasteiger partial charge in [0, 0.05) is 36.7 Å². The number of thiophene rings is 1. The maximum absolute atomic E-state index is 12.7. The Balaban J connectivity index is 1.62. The second-order valence-corrected chi connectivity index (χ2v) is 7.18. The molecule has 2 heterocycles. The highest BCUT2D eigenvalue weighted by molar-refractivity contribution is 7.14. The van der Waals surface area contributed by atoms with Gasteiger partial charge in [-0.05, 0) is 49.2 Å². The Bertz CT molecular complexity index is 701. The van der Waals surface area contributed by atoms with Crippen molar-refractivity contribution in [2.75, 3.05) is 38.2 Å². The first-order valence-electron chi connectivity index (χ1n) is 8.40. The molecule has 1 aromatic heterocycles. The maximum atomic E-state index is 12.7. The number of carbonyl (C=O) groups excluding carboxylic acids is 1. The van der Waals surface area contributed by atoms with Gasteiger partial charge in [0.05, 0.1) is 12.0 Å². The van der Waals surface area contributed by atoms with Gasteiger partial charge in [-0.3, -0.25) is 4.79 Å². The molecule has 1 saturated heterocycles. The van der Waals surface area contributed by atoms with Gasteiger partial charge in [0.1, 0.15) is 5.75 Å². The summed E-state index contributed by atoms with van der Waals surface area (Å²) >= 11 is 1.64. The molecule has 0 radical (unpaired) electrons. The van der Waals surface area contributed by atoms with Crippen molar-refractivity contribution in [3.8, 4) is 5.75 Å². The number of carbonyl (C=O) groups is 1. The monoisotopic (exact) mass is 344 g/mol. The summed E-state index contributed by atoms with van der Waals surface area (Å²) in [6.07, 6.45) is 0.995. The molecule has 3 rings (SSSR count). The molecule has 1 aromatic carbocycles. The summed E-state index contributed by atoms with van der Waals surface area (Å²) in [6.45, 7) is 7.49. The van der Waals surface area contributed by atoms with E-state index in [0.29, 0.717) is 0 Å². The molecule has 4 nitrogen and oxygen atoms in total. The fraction of sp³-hybridized carbons (Fsp3) is 0.421. The lowest BCUT2D eigenvalue weighted by Gasteiger charge is -2.36. The predicted octanol–water partition coefficient (Wildman–Crippen LogP) is 3.59. The van der Waals surface area contributed by atoms with Gasteiger partial charge in [-0.15, -0.1) is 11.3 Å². The van der Waals surface area contributed by atoms with E-state index in [1.54, 1.807) is 18.4 Å². The summed E-state index contributed by atoms with van der Waals surface area (Å²) in [7, 11) is 1.68. The van der Waals surface area contributed by atoms with Crippen molar-refractivity contribution in [2.45, 2.75) is 20.3 Å². The summed E-state index contributed by atoms with van der Waals surface area (Å²) < 4.78 is 5.20. The summed E-state index contributed by atoms with van der Waals surface area (Å²) in [5, 5.41) is 0. The molecule has 5 heteroatoms. The second kappa shape index (κ2) is 7.26. The van der Waals surface area contributed by atoms with Crippen LogP contribution in [0.1, 0.15) is 27.0 Å². The highest BCUT2D eigenvalue weighted by Crippen LogP contribution is 2.25. The Morgan fingerprint density at radius 2 is 1.83 bits per heavy atom. The van der Waals surface area contributed by atoms with E-state index in [9.17, 15) is 4.79 Å². The molecule has 0 atom stereocenters. The quantitative estimate of drug-likeness (QED) is 0.850. The van der Waals surface area contributed by atoms with Crippen LogP contribution in [0.3, 0.4) is 0 Å². The molecule has 0 bridgehead atoms. The van der Waals surface area contributed by atoms with Gasteiger partial charge in [-0.2, -0.15) is 0 Å². The first-order valence-corrected chi connectivity index (χ1v) is 9.21. The van der Waals surface area contributed by atoms with E-state index in [1.165, 1.54) is 16.1 Å². The fourth-order valence-corrected chi connectivity index (χ4v) is 4.17. The molecule has 1 aliphatic rings. The van der Waals surface area contributed by atoms with Crippen LogP contribution in [0, 0.1) is 6.92 Å². The normalized spacial score (nSPS) is 14.8. The van der Waals surface area contributed by atoms with E-state index in [1.807, 2.05) is 23.1 Å². The Morgan fingerprint density at radius 3 is 2.38 bits per heavy atom. The van der Waals surface area contributed by atoms with Crippen molar-refractivity contribution in [1.82, 2.24) is 4.90 Å². The smallest absolute Gasteiger partial charge is 0.264 e. The van der Waals surface area contributed by atoms with Crippen molar-refractivity contribution >= 4 is 22.9 Å². The molecule has 1 amide bonds. The number of ether oxygens (including phenoxy) is 1. The summed E-state index contributed by atoms with van der Waals surface area (Å²) in [5.41, 5.74) is 2.42. The topological polar surface area (TPSA) is 32.8 Å². The summed E-state index contributed by atoms with van der Waals surface area (Å²) in [4.78, 5) is 19.2. The molecule has 0 aliphatic carbocycles. The average molecular weight is 344 g/mol. The Hall–Kier alpha value is -2.01. The van der Waals surface area contributed by atoms with Crippen LogP contribution in [0.2, 0.25) is 0 Å². The fourth-order valence-electron chi connectivity index (χ4n) is 3.09. The molecule has 0 unspecified atom stereocenters. The molecule has 24 heavy (non-hydrogen) atoms. The van der Waals surface area contributed by atoms with Crippen LogP contribution < -0.4 is 9.64 Å². The largest absolute Gasteiger partial charge is 0.497 e. The minimum Gasteiger partial charge on any atom is -0.497 e. The molecule has 0 spiro atoms. The van der Waals surface area contributed by atoms with Crippen LogP contribution in [0.4, 0.5) is 5.69 Å². The number of piperazine rings is 1. The number of methoxy groups -OCH3 is 1. The Morgan fingerprint density at radius 1 is 1.17 bits per heavy atom. The molecule has 1 fully saturated rings. The van der Waals surface area contributed by atoms with Gasteiger partial charge in [0.15, 0.2) is 0 Å². The zero-order valence-corrected chi connectivity index (χ0v) is 15.4. The number of aryl methyl sites for hydroxylation is 2. The molecular formula is C19H24N2O2S. The van der Waals surface area contributed by atoms with Crippen LogP contribution in [0.15, 0.2) is 30.3 Å². The van der Waals surface area contributed by atoms with Crippen molar-refractivity contribution < 1.29 is 9.53 Å². The zero-order chi connectivity index (χ0) is 17.1. The van der Waals surface area contributed by atoms with Crippen molar-refractivity contribution in [3.05, 3.63) is 45.6 Å². The van der Waals surface area contributed by atoms with Gasteiger partial charge >= 0.3 is 0 Å². The number of nitrogens with zero attached hydrogens (tertiary/aromatic N) is 2. The lowest BCUT2D eigenvalue weighted by molar-refractivity contribution is 0.0751. The molecule has 128 valence electrons. The van der Waals surface area contributed by atoms with Gasteiger partial charge < -0.3 is 14.5 Å². The van der Waals surface area contributed by atoms with Gasteiger partial charge in [0.2, 0.25) is 0 Å². The number of benzene rings is 1. The van der Waals surface area contributed by atoms with Crippen LogP contribution in [-0.2, 0) is 6.42 Å². The summed E-state index contributed by atoms with van der Waals surface area (Å²) in [6, 6.07) is 10.2. The van der Waals surface area contributed by atoms with E-state index in [0.717, 1.165) is 43.2 Å². The first kappa shape index (κ1) is 16.8. The minimum atomic E-state index is 0.178. The van der Waals surface area contributed by atoms with E-state index >= 15 is 0 Å². The molecule has 0 N–H and O–H groups in total. The van der Waals surface area contributed by atoms with Crippen molar-refractivity contribution in [2.24, 2.45) is 0 Å². The van der Waals surface area contributed by atoms with Crippen LogP contribution in [0.5, 0.6) is 5.75 Å². The number of anilines is 1. The molecule has 2 aromatic rings. The van der Waals surface area contributed by atoms with Gasteiger partial charge in [-0.1, -0.05) is 6.92 Å². The van der Waals surface area contributed by atoms with E-state index in [2.05, 4.69) is 30.9 Å². The van der Waals surface area contributed by atoms with Gasteiger partial charge in [-0.25, -0.2) is 0 Å². The highest BCUT2D eigenvalue weighted by Gasteiger charge is 2.24. The van der Waals surface area contributed by atoms with Gasteiger partial charge in [0.25, 0.3) is 5.91 Å². The van der Waals surface area contributed by atoms with Crippen molar-refractivity contribution in [1.29, 1.82) is 0 Å². The number of rotatable bonds is 4. The summed E-state index contributed by atoms with van der Waals surface area (Å²) in [5.74, 6) is 1.05. The first-order chi connectivity index (χ1) is 11.6. The lowest BCUT2D eigenvalue weighted by atomic mass is 10.2. The van der Waals surface area contributed by atoms with E-state index < -0.39 is 0 Å². The SMILES string of the molecule is CCc1sc(C(=O)N2CCN(c3ccc(OC)cc3)CC2)cc1C. The Kier molecular flexibility index (Phi) is 5.09. The second-order valence-electron chi connectivity index (χ2n) is 6.05. The van der Waals surface area contributed by atoms with Crippen LogP contribution >= 0.6 is 11.3 Å². The Labute approximate surface area is 147 Å². The lowest BCUT2D eigenvalue weighted by Crippen LogP contribution is -2.48. The zero-order valence-electron chi connectivity index (χ0n) is 14.5. The third kappa shape index (κ3) is 3.41. The third-order valence-electron chi connectivity index (χ3n) is 4.56. The van der Waals surface area contributed by atoms with Crippen molar-refractivity contribution in [3.63, 3.8) is 0 Å². The van der Waals surface area contributed by atoms with Crippen LogP contribution in [0.25, 0.3) is 0 Å².